The molecule has 2 aromatic carbocycles. The van der Waals surface area contributed by atoms with Crippen molar-refractivity contribution in [1.29, 1.82) is 0 Å². The molecule has 4 aromatic rings. The molecule has 5 nitrogen and oxygen atoms in total. The van der Waals surface area contributed by atoms with E-state index in [9.17, 15) is 9.18 Å². The minimum Gasteiger partial charge on any atom is -0.321 e. The first-order chi connectivity index (χ1) is 14.8. The summed E-state index contributed by atoms with van der Waals surface area (Å²) >= 11 is 1.29. The van der Waals surface area contributed by atoms with Gasteiger partial charge in [-0.3, -0.25) is 4.79 Å². The number of rotatable bonds is 5. The van der Waals surface area contributed by atoms with Crippen molar-refractivity contribution in [3.05, 3.63) is 93.0 Å². The number of hydrogen-bond acceptors (Lipinski definition) is 4. The van der Waals surface area contributed by atoms with E-state index in [1.807, 2.05) is 18.5 Å². The molecule has 0 bridgehead atoms. The number of amides is 1. The van der Waals surface area contributed by atoms with E-state index >= 15 is 0 Å². The number of nitrogens with zero attached hydrogens (tertiary/aromatic N) is 3. The smallest absolute Gasteiger partial charge is 0.267 e. The van der Waals surface area contributed by atoms with Crippen molar-refractivity contribution in [3.8, 4) is 5.13 Å². The van der Waals surface area contributed by atoms with Crippen LogP contribution in [0.4, 0.5) is 10.1 Å². The first-order valence-electron chi connectivity index (χ1n) is 9.97. The SMILES string of the molecule is Cc1ccc(Cc2c(C)nn(-c3nc(C)c(C(=O)Nc4ccc(F)cc4)s3)c2C)cc1. The average Bonchev–Trinajstić information content (AvgIpc) is 3.26. The number of thiazole rings is 1. The molecule has 2 aromatic heterocycles. The topological polar surface area (TPSA) is 59.8 Å². The second-order valence-electron chi connectivity index (χ2n) is 7.60. The standard InChI is InChI=1S/C24H23FN4OS/c1-14-5-7-18(8-6-14)13-21-15(2)28-29(17(21)4)24-26-16(3)22(31-24)23(30)27-20-11-9-19(25)10-12-20/h5-12H,13H2,1-4H3,(H,27,30). The minimum absolute atomic E-state index is 0.269. The number of halogens is 1. The van der Waals surface area contributed by atoms with Crippen molar-refractivity contribution < 1.29 is 9.18 Å². The lowest BCUT2D eigenvalue weighted by molar-refractivity contribution is 0.103. The van der Waals surface area contributed by atoms with Crippen LogP contribution in [0.1, 0.15) is 43.4 Å². The summed E-state index contributed by atoms with van der Waals surface area (Å²) in [4.78, 5) is 17.8. The molecule has 2 heterocycles. The molecule has 0 atom stereocenters. The molecule has 0 spiro atoms. The Morgan fingerprint density at radius 2 is 1.68 bits per heavy atom. The second kappa shape index (κ2) is 8.43. The van der Waals surface area contributed by atoms with Gasteiger partial charge in [-0.2, -0.15) is 5.10 Å². The predicted octanol–water partition coefficient (Wildman–Crippen LogP) is 5.54. The Labute approximate surface area is 184 Å². The number of carbonyl (C=O) groups is 1. The Morgan fingerprint density at radius 3 is 2.35 bits per heavy atom. The minimum atomic E-state index is -0.347. The molecule has 1 N–H and O–H groups in total. The molecular weight excluding hydrogens is 411 g/mol. The molecule has 0 radical (unpaired) electrons. The zero-order valence-corrected chi connectivity index (χ0v) is 18.7. The van der Waals surface area contributed by atoms with Gasteiger partial charge in [0, 0.05) is 23.4 Å². The third-order valence-electron chi connectivity index (χ3n) is 5.22. The van der Waals surface area contributed by atoms with Crippen molar-refractivity contribution in [2.24, 2.45) is 0 Å². The van der Waals surface area contributed by atoms with Gasteiger partial charge in [-0.05, 0) is 57.5 Å². The van der Waals surface area contributed by atoms with Gasteiger partial charge in [0.05, 0.1) is 11.4 Å². The fourth-order valence-corrected chi connectivity index (χ4v) is 4.40. The Morgan fingerprint density at radius 1 is 1.00 bits per heavy atom. The van der Waals surface area contributed by atoms with E-state index in [0.717, 1.165) is 23.4 Å². The zero-order valence-electron chi connectivity index (χ0n) is 17.9. The lowest BCUT2D eigenvalue weighted by Gasteiger charge is -2.04. The molecule has 4 rings (SSSR count). The molecule has 0 saturated carbocycles. The number of carbonyl (C=O) groups excluding carboxylic acids is 1. The van der Waals surface area contributed by atoms with E-state index in [1.54, 1.807) is 6.92 Å². The molecular formula is C24H23FN4OS. The number of nitrogens with one attached hydrogen (secondary N) is 1. The van der Waals surface area contributed by atoms with Gasteiger partial charge in [0.15, 0.2) is 0 Å². The average molecular weight is 435 g/mol. The largest absolute Gasteiger partial charge is 0.321 e. The Kier molecular flexibility index (Phi) is 5.69. The van der Waals surface area contributed by atoms with Gasteiger partial charge in [0.2, 0.25) is 5.13 Å². The molecule has 31 heavy (non-hydrogen) atoms. The van der Waals surface area contributed by atoms with Crippen LogP contribution in [-0.2, 0) is 6.42 Å². The quantitative estimate of drug-likeness (QED) is 0.448. The summed E-state index contributed by atoms with van der Waals surface area (Å²) in [6.07, 6.45) is 0.792. The summed E-state index contributed by atoms with van der Waals surface area (Å²) in [6.45, 7) is 7.90. The van der Waals surface area contributed by atoms with Crippen LogP contribution in [0.3, 0.4) is 0 Å². The van der Waals surface area contributed by atoms with Gasteiger partial charge in [-0.25, -0.2) is 14.1 Å². The van der Waals surface area contributed by atoms with Crippen molar-refractivity contribution in [1.82, 2.24) is 14.8 Å². The first-order valence-corrected chi connectivity index (χ1v) is 10.8. The molecule has 0 aliphatic carbocycles. The third kappa shape index (κ3) is 4.41. The van der Waals surface area contributed by atoms with Crippen LogP contribution < -0.4 is 5.32 Å². The highest BCUT2D eigenvalue weighted by Gasteiger charge is 2.20. The van der Waals surface area contributed by atoms with Gasteiger partial charge in [0.25, 0.3) is 5.91 Å². The van der Waals surface area contributed by atoms with Gasteiger partial charge < -0.3 is 5.32 Å². The van der Waals surface area contributed by atoms with Gasteiger partial charge >= 0.3 is 0 Å². The second-order valence-corrected chi connectivity index (χ2v) is 8.57. The molecule has 0 aliphatic heterocycles. The molecule has 0 unspecified atom stereocenters. The van der Waals surface area contributed by atoms with Crippen LogP contribution in [0.5, 0.6) is 0 Å². The Bertz CT molecular complexity index is 1240. The highest BCUT2D eigenvalue weighted by Crippen LogP contribution is 2.27. The predicted molar refractivity (Wildman–Crippen MR) is 122 cm³/mol. The van der Waals surface area contributed by atoms with E-state index in [2.05, 4.69) is 41.5 Å². The number of hydrogen-bond donors (Lipinski definition) is 1. The maximum atomic E-state index is 13.1. The number of aryl methyl sites for hydroxylation is 3. The van der Waals surface area contributed by atoms with Crippen LogP contribution >= 0.6 is 11.3 Å². The summed E-state index contributed by atoms with van der Waals surface area (Å²) in [5.41, 5.74) is 6.75. The zero-order chi connectivity index (χ0) is 22.1. The van der Waals surface area contributed by atoms with E-state index in [1.165, 1.54) is 46.7 Å². The summed E-state index contributed by atoms with van der Waals surface area (Å²) < 4.78 is 14.9. The molecule has 158 valence electrons. The number of benzene rings is 2. The van der Waals surface area contributed by atoms with Crippen molar-refractivity contribution in [2.45, 2.75) is 34.1 Å². The summed E-state index contributed by atoms with van der Waals surface area (Å²) in [6, 6.07) is 14.2. The fourth-order valence-electron chi connectivity index (χ4n) is 3.43. The molecule has 7 heteroatoms. The summed E-state index contributed by atoms with van der Waals surface area (Å²) in [5, 5.41) is 8.14. The van der Waals surface area contributed by atoms with Crippen molar-refractivity contribution >= 4 is 22.9 Å². The highest BCUT2D eigenvalue weighted by atomic mass is 32.1. The summed E-state index contributed by atoms with van der Waals surface area (Å²) in [5.74, 6) is -0.616. The molecule has 0 aliphatic rings. The molecule has 1 amide bonds. The van der Waals surface area contributed by atoms with Crippen LogP contribution in [-0.4, -0.2) is 20.7 Å². The van der Waals surface area contributed by atoms with E-state index < -0.39 is 0 Å². The number of anilines is 1. The Balaban J connectivity index is 1.59. The van der Waals surface area contributed by atoms with Gasteiger partial charge in [-0.15, -0.1) is 0 Å². The maximum Gasteiger partial charge on any atom is 0.267 e. The first kappa shape index (κ1) is 20.9. The lowest BCUT2D eigenvalue weighted by atomic mass is 10.0. The fraction of sp³-hybridized carbons (Fsp3) is 0.208. The molecule has 0 fully saturated rings. The van der Waals surface area contributed by atoms with E-state index in [-0.39, 0.29) is 11.7 Å². The van der Waals surface area contributed by atoms with E-state index in [4.69, 9.17) is 5.10 Å². The lowest BCUT2D eigenvalue weighted by Crippen LogP contribution is -2.11. The molecule has 0 saturated heterocycles. The van der Waals surface area contributed by atoms with Crippen LogP contribution in [0.25, 0.3) is 5.13 Å². The normalized spacial score (nSPS) is 11.0. The van der Waals surface area contributed by atoms with Crippen LogP contribution in [0, 0.1) is 33.5 Å². The van der Waals surface area contributed by atoms with Gasteiger partial charge in [-0.1, -0.05) is 41.2 Å². The van der Waals surface area contributed by atoms with Crippen LogP contribution in [0.15, 0.2) is 48.5 Å². The monoisotopic (exact) mass is 434 g/mol. The van der Waals surface area contributed by atoms with E-state index in [0.29, 0.717) is 21.4 Å². The maximum absolute atomic E-state index is 13.1. The van der Waals surface area contributed by atoms with Gasteiger partial charge in [0.1, 0.15) is 10.7 Å². The Hall–Kier alpha value is -3.32. The summed E-state index contributed by atoms with van der Waals surface area (Å²) in [7, 11) is 0. The van der Waals surface area contributed by atoms with Crippen molar-refractivity contribution in [2.75, 3.05) is 5.32 Å². The third-order valence-corrected chi connectivity index (χ3v) is 6.35. The van der Waals surface area contributed by atoms with Crippen LogP contribution in [0.2, 0.25) is 0 Å². The van der Waals surface area contributed by atoms with Crippen molar-refractivity contribution in [3.63, 3.8) is 0 Å². The number of aromatic nitrogens is 3. The highest BCUT2D eigenvalue weighted by molar-refractivity contribution is 7.16.